The molecule has 4 nitrogen and oxygen atoms in total. The van der Waals surface area contributed by atoms with Crippen LogP contribution in [0.2, 0.25) is 0 Å². The van der Waals surface area contributed by atoms with Gasteiger partial charge in [-0.05, 0) is 17.7 Å². The summed E-state index contributed by atoms with van der Waals surface area (Å²) in [6, 6.07) is 7.75. The van der Waals surface area contributed by atoms with Crippen molar-refractivity contribution in [1.82, 2.24) is 0 Å². The topological polar surface area (TPSA) is 44.8 Å². The first-order valence-corrected chi connectivity index (χ1v) is 6.21. The molecule has 0 bridgehead atoms. The largest absolute Gasteiger partial charge is 0.497 e. The number of hydrogen-bond acceptors (Lipinski definition) is 4. The Morgan fingerprint density at radius 2 is 2.11 bits per heavy atom. The lowest BCUT2D eigenvalue weighted by Crippen LogP contribution is -2.44. The lowest BCUT2D eigenvalue weighted by molar-refractivity contribution is -0.194. The highest BCUT2D eigenvalue weighted by atomic mass is 16.6. The van der Waals surface area contributed by atoms with Gasteiger partial charge >= 0.3 is 5.97 Å². The zero-order valence-electron chi connectivity index (χ0n) is 11.2. The Balaban J connectivity index is 1.98. The third-order valence-electron chi connectivity index (χ3n) is 3.27. The molecule has 0 aliphatic carbocycles. The average molecular weight is 262 g/mol. The van der Waals surface area contributed by atoms with Crippen LogP contribution in [0.5, 0.6) is 5.75 Å². The maximum Gasteiger partial charge on any atom is 0.302 e. The summed E-state index contributed by atoms with van der Waals surface area (Å²) in [5.41, 5.74) is 1.07. The van der Waals surface area contributed by atoms with E-state index in [0.717, 1.165) is 11.3 Å². The van der Waals surface area contributed by atoms with Crippen LogP contribution < -0.4 is 4.74 Å². The Morgan fingerprint density at radius 3 is 2.63 bits per heavy atom. The fourth-order valence-electron chi connectivity index (χ4n) is 2.19. The predicted molar refractivity (Wildman–Crippen MR) is 70.9 cm³/mol. The van der Waals surface area contributed by atoms with Crippen LogP contribution in [-0.2, 0) is 14.3 Å². The molecule has 0 aromatic heterocycles. The molecule has 1 aliphatic heterocycles. The molecule has 19 heavy (non-hydrogen) atoms. The molecule has 1 saturated heterocycles. The average Bonchev–Trinajstić information content (AvgIpc) is 2.38. The molecule has 0 amide bonds. The van der Waals surface area contributed by atoms with Gasteiger partial charge in [-0.1, -0.05) is 18.2 Å². The van der Waals surface area contributed by atoms with Gasteiger partial charge in [0, 0.05) is 12.8 Å². The maximum absolute atomic E-state index is 10.8. The van der Waals surface area contributed by atoms with E-state index >= 15 is 0 Å². The van der Waals surface area contributed by atoms with E-state index in [1.165, 1.54) is 6.92 Å². The fourth-order valence-corrected chi connectivity index (χ4v) is 2.19. The van der Waals surface area contributed by atoms with E-state index in [4.69, 9.17) is 14.2 Å². The number of carbonyl (C=O) groups is 1. The molecule has 3 atom stereocenters. The molecule has 4 heteroatoms. The number of benzene rings is 1. The molecule has 1 fully saturated rings. The van der Waals surface area contributed by atoms with Crippen LogP contribution in [0.25, 0.3) is 0 Å². The van der Waals surface area contributed by atoms with E-state index in [0.29, 0.717) is 0 Å². The second-order valence-corrected chi connectivity index (χ2v) is 4.48. The number of carbonyl (C=O) groups excluding carboxylic acids is 1. The number of rotatable bonds is 5. The normalized spacial score (nSPS) is 25.3. The summed E-state index contributed by atoms with van der Waals surface area (Å²) < 4.78 is 15.9. The van der Waals surface area contributed by atoms with Crippen molar-refractivity contribution in [1.29, 1.82) is 0 Å². The molecule has 1 heterocycles. The van der Waals surface area contributed by atoms with E-state index < -0.39 is 0 Å². The number of esters is 1. The zero-order chi connectivity index (χ0) is 13.8. The molecule has 0 spiro atoms. The van der Waals surface area contributed by atoms with E-state index in [1.54, 1.807) is 7.11 Å². The van der Waals surface area contributed by atoms with Gasteiger partial charge in [0.1, 0.15) is 18.5 Å². The van der Waals surface area contributed by atoms with Gasteiger partial charge in [-0.15, -0.1) is 6.58 Å². The van der Waals surface area contributed by atoms with Gasteiger partial charge in [-0.2, -0.15) is 0 Å². The van der Waals surface area contributed by atoms with Crippen LogP contribution in [0.3, 0.4) is 0 Å². The highest BCUT2D eigenvalue weighted by Crippen LogP contribution is 2.42. The lowest BCUT2D eigenvalue weighted by atomic mass is 9.85. The van der Waals surface area contributed by atoms with Crippen LogP contribution in [0.15, 0.2) is 36.9 Å². The third-order valence-corrected chi connectivity index (χ3v) is 3.27. The predicted octanol–water partition coefficient (Wildman–Crippen LogP) is 2.50. The highest BCUT2D eigenvalue weighted by molar-refractivity contribution is 5.65. The number of hydrogen-bond donors (Lipinski definition) is 0. The van der Waals surface area contributed by atoms with Crippen LogP contribution in [0.1, 0.15) is 18.6 Å². The Labute approximate surface area is 113 Å². The van der Waals surface area contributed by atoms with Gasteiger partial charge in [0.2, 0.25) is 0 Å². The molecule has 1 aliphatic rings. The molecule has 1 aromatic carbocycles. The van der Waals surface area contributed by atoms with Crippen molar-refractivity contribution >= 4 is 5.97 Å². The van der Waals surface area contributed by atoms with Gasteiger partial charge < -0.3 is 14.2 Å². The Kier molecular flexibility index (Phi) is 4.22. The minimum atomic E-state index is -0.292. The summed E-state index contributed by atoms with van der Waals surface area (Å²) in [6.07, 6.45) is 1.73. The van der Waals surface area contributed by atoms with Crippen molar-refractivity contribution in [3.63, 3.8) is 0 Å². The monoisotopic (exact) mass is 262 g/mol. The van der Waals surface area contributed by atoms with Crippen molar-refractivity contribution in [2.24, 2.45) is 5.92 Å². The molecule has 102 valence electrons. The number of ether oxygens (including phenoxy) is 3. The van der Waals surface area contributed by atoms with Crippen LogP contribution in [-0.4, -0.2) is 25.8 Å². The van der Waals surface area contributed by atoms with Gasteiger partial charge in [0.25, 0.3) is 0 Å². The first-order chi connectivity index (χ1) is 9.15. The van der Waals surface area contributed by atoms with Gasteiger partial charge in [-0.3, -0.25) is 4.79 Å². The van der Waals surface area contributed by atoms with Crippen LogP contribution in [0, 0.1) is 5.92 Å². The molecule has 1 aromatic rings. The first-order valence-electron chi connectivity index (χ1n) is 6.21. The van der Waals surface area contributed by atoms with E-state index in [2.05, 4.69) is 6.58 Å². The minimum Gasteiger partial charge on any atom is -0.497 e. The smallest absolute Gasteiger partial charge is 0.302 e. The third kappa shape index (κ3) is 2.96. The summed E-state index contributed by atoms with van der Waals surface area (Å²) in [6.45, 7) is 5.49. The number of methoxy groups -OCH3 is 1. The van der Waals surface area contributed by atoms with Crippen molar-refractivity contribution in [3.05, 3.63) is 42.5 Å². The zero-order valence-corrected chi connectivity index (χ0v) is 11.2. The lowest BCUT2D eigenvalue weighted by Gasteiger charge is -2.43. The quantitative estimate of drug-likeness (QED) is 0.604. The summed E-state index contributed by atoms with van der Waals surface area (Å²) in [5, 5.41) is 0. The maximum atomic E-state index is 10.8. The van der Waals surface area contributed by atoms with Crippen molar-refractivity contribution in [2.45, 2.75) is 19.1 Å². The van der Waals surface area contributed by atoms with Crippen LogP contribution >= 0.6 is 0 Å². The van der Waals surface area contributed by atoms with Crippen molar-refractivity contribution in [3.8, 4) is 5.75 Å². The molecule has 0 N–H and O–H groups in total. The second kappa shape index (κ2) is 5.89. The van der Waals surface area contributed by atoms with Crippen LogP contribution in [0.4, 0.5) is 0 Å². The Hall–Kier alpha value is -1.81. The Morgan fingerprint density at radius 1 is 1.42 bits per heavy atom. The van der Waals surface area contributed by atoms with Gasteiger partial charge in [0.05, 0.1) is 13.2 Å². The summed E-state index contributed by atoms with van der Waals surface area (Å²) in [5.74, 6) is 0.682. The molecule has 0 saturated carbocycles. The molecule has 0 radical (unpaired) electrons. The summed E-state index contributed by atoms with van der Waals surface area (Å²) >= 11 is 0. The van der Waals surface area contributed by atoms with Gasteiger partial charge in [-0.25, -0.2) is 0 Å². The molecule has 0 unspecified atom stereocenters. The Bertz CT molecular complexity index is 452. The van der Waals surface area contributed by atoms with Gasteiger partial charge in [0.15, 0.2) is 0 Å². The van der Waals surface area contributed by atoms with Crippen molar-refractivity contribution in [2.75, 3.05) is 13.7 Å². The summed E-state index contributed by atoms with van der Waals surface area (Å²) in [4.78, 5) is 10.8. The minimum absolute atomic E-state index is 0.0241. The van der Waals surface area contributed by atoms with E-state index in [1.807, 2.05) is 30.3 Å². The SMILES string of the molecule is C=C[C@@H]1[C@@H](COC(C)=O)O[C@H]1c1ccc(OC)cc1. The fraction of sp³-hybridized carbons (Fsp3) is 0.400. The standard InChI is InChI=1S/C15H18O4/c1-4-13-14(9-18-10(2)16)19-15(13)11-5-7-12(17-3)8-6-11/h4-8,13-15H,1,9H2,2-3H3/t13-,14-,15+/m1/s1. The first kappa shape index (κ1) is 13.6. The van der Waals surface area contributed by atoms with E-state index in [-0.39, 0.29) is 30.7 Å². The second-order valence-electron chi connectivity index (χ2n) is 4.48. The van der Waals surface area contributed by atoms with Crippen molar-refractivity contribution < 1.29 is 19.0 Å². The van der Waals surface area contributed by atoms with E-state index in [9.17, 15) is 4.79 Å². The highest BCUT2D eigenvalue weighted by Gasteiger charge is 2.41. The summed E-state index contributed by atoms with van der Waals surface area (Å²) in [7, 11) is 1.64. The molecular weight excluding hydrogens is 244 g/mol. The molecular formula is C15H18O4. The molecule has 2 rings (SSSR count).